The highest BCUT2D eigenvalue weighted by molar-refractivity contribution is 7.07. The van der Waals surface area contributed by atoms with Gasteiger partial charge in [0.15, 0.2) is 4.80 Å². The molecule has 35 heavy (non-hydrogen) atoms. The van der Waals surface area contributed by atoms with Crippen LogP contribution in [0.3, 0.4) is 0 Å². The Labute approximate surface area is 212 Å². The number of allylic oxidation sites excluding steroid dienone is 1. The summed E-state index contributed by atoms with van der Waals surface area (Å²) < 4.78 is 2.52. The van der Waals surface area contributed by atoms with Gasteiger partial charge in [-0.15, -0.1) is 0 Å². The topological polar surface area (TPSA) is 37.6 Å². The Morgan fingerprint density at radius 2 is 1.74 bits per heavy atom. The van der Waals surface area contributed by atoms with Gasteiger partial charge in [-0.25, -0.2) is 4.99 Å². The SMILES string of the molecule is CN(C)c1ccc(C=c2sc3n(c2=O)C(c2ccccc2Cl)C2=C(N=3)c3ccccc3CC2)cc1. The summed E-state index contributed by atoms with van der Waals surface area (Å²) >= 11 is 8.15. The van der Waals surface area contributed by atoms with E-state index in [1.807, 2.05) is 61.1 Å². The minimum atomic E-state index is -0.262. The fraction of sp³-hybridized carbons (Fsp3) is 0.172. The molecule has 0 amide bonds. The summed E-state index contributed by atoms with van der Waals surface area (Å²) in [6, 6.07) is 24.2. The lowest BCUT2D eigenvalue weighted by molar-refractivity contribution is 0.585. The van der Waals surface area contributed by atoms with Gasteiger partial charge in [-0.2, -0.15) is 0 Å². The zero-order valence-corrected chi connectivity index (χ0v) is 21.1. The number of aryl methyl sites for hydroxylation is 1. The second kappa shape index (κ2) is 8.67. The van der Waals surface area contributed by atoms with Gasteiger partial charge in [0, 0.05) is 30.4 Å². The lowest BCUT2D eigenvalue weighted by Crippen LogP contribution is -2.38. The van der Waals surface area contributed by atoms with Gasteiger partial charge in [-0.1, -0.05) is 77.5 Å². The number of nitrogens with zero attached hydrogens (tertiary/aromatic N) is 3. The number of hydrogen-bond donors (Lipinski definition) is 0. The summed E-state index contributed by atoms with van der Waals surface area (Å²) in [5.41, 5.74) is 7.62. The third-order valence-corrected chi connectivity index (χ3v) is 8.11. The number of hydrogen-bond acceptors (Lipinski definition) is 4. The molecule has 0 saturated carbocycles. The Hall–Kier alpha value is -3.41. The maximum Gasteiger partial charge on any atom is 0.271 e. The molecule has 6 rings (SSSR count). The molecule has 2 aliphatic rings. The van der Waals surface area contributed by atoms with Crippen molar-refractivity contribution in [3.63, 3.8) is 0 Å². The van der Waals surface area contributed by atoms with E-state index < -0.39 is 0 Å². The van der Waals surface area contributed by atoms with Crippen molar-refractivity contribution < 1.29 is 0 Å². The van der Waals surface area contributed by atoms with Crippen LogP contribution in [0.2, 0.25) is 5.02 Å². The van der Waals surface area contributed by atoms with Crippen LogP contribution in [-0.2, 0) is 6.42 Å². The third-order valence-electron chi connectivity index (χ3n) is 6.78. The Bertz CT molecular complexity index is 1660. The van der Waals surface area contributed by atoms with Crippen molar-refractivity contribution in [1.29, 1.82) is 0 Å². The van der Waals surface area contributed by atoms with E-state index in [2.05, 4.69) is 41.3 Å². The smallest absolute Gasteiger partial charge is 0.271 e. The van der Waals surface area contributed by atoms with Crippen LogP contribution >= 0.6 is 22.9 Å². The molecule has 0 saturated heterocycles. The van der Waals surface area contributed by atoms with Crippen molar-refractivity contribution in [1.82, 2.24) is 4.57 Å². The second-order valence-electron chi connectivity index (χ2n) is 9.12. The van der Waals surface area contributed by atoms with Crippen molar-refractivity contribution in [2.24, 2.45) is 4.99 Å². The zero-order valence-electron chi connectivity index (χ0n) is 19.5. The first kappa shape index (κ1) is 22.1. The first-order valence-corrected chi connectivity index (χ1v) is 12.9. The van der Waals surface area contributed by atoms with E-state index in [0.717, 1.165) is 46.5 Å². The van der Waals surface area contributed by atoms with Gasteiger partial charge >= 0.3 is 0 Å². The molecule has 2 heterocycles. The molecule has 6 heteroatoms. The fourth-order valence-corrected chi connectivity index (χ4v) is 6.26. The Kier molecular flexibility index (Phi) is 5.47. The van der Waals surface area contributed by atoms with Crippen LogP contribution in [0.4, 0.5) is 5.69 Å². The van der Waals surface area contributed by atoms with Crippen molar-refractivity contribution in [2.45, 2.75) is 18.9 Å². The molecular formula is C29H24ClN3OS. The lowest BCUT2D eigenvalue weighted by Gasteiger charge is -2.31. The van der Waals surface area contributed by atoms with Crippen molar-refractivity contribution >= 4 is 40.4 Å². The van der Waals surface area contributed by atoms with E-state index in [9.17, 15) is 4.79 Å². The van der Waals surface area contributed by atoms with Gasteiger partial charge < -0.3 is 4.90 Å². The largest absolute Gasteiger partial charge is 0.378 e. The third kappa shape index (κ3) is 3.76. The number of halogens is 1. The van der Waals surface area contributed by atoms with Crippen LogP contribution in [0.5, 0.6) is 0 Å². The van der Waals surface area contributed by atoms with Crippen LogP contribution in [0.15, 0.2) is 88.2 Å². The molecule has 0 fully saturated rings. The molecule has 3 aromatic carbocycles. The standard InChI is InChI=1S/C29H24ClN3OS/c1-32(2)20-14-11-18(12-15-20)17-25-28(34)33-27(22-9-5-6-10-24(22)30)23-16-13-19-7-3-4-8-21(19)26(23)31-29(33)35-25/h3-12,14-15,17,27H,13,16H2,1-2H3. The van der Waals surface area contributed by atoms with E-state index in [1.165, 1.54) is 16.9 Å². The summed E-state index contributed by atoms with van der Waals surface area (Å²) in [6.07, 6.45) is 3.74. The van der Waals surface area contributed by atoms with Gasteiger partial charge in [0.05, 0.1) is 16.3 Å². The Morgan fingerprint density at radius 1 is 1.00 bits per heavy atom. The number of aromatic nitrogens is 1. The predicted octanol–water partition coefficient (Wildman–Crippen LogP) is 5.04. The molecular weight excluding hydrogens is 474 g/mol. The number of fused-ring (bicyclic) bond motifs is 3. The molecule has 1 unspecified atom stereocenters. The van der Waals surface area contributed by atoms with Crippen LogP contribution in [0.1, 0.15) is 34.7 Å². The Morgan fingerprint density at radius 3 is 2.51 bits per heavy atom. The minimum absolute atomic E-state index is 0.0271. The van der Waals surface area contributed by atoms with Gasteiger partial charge in [-0.05, 0) is 59.4 Å². The quantitative estimate of drug-likeness (QED) is 0.398. The summed E-state index contributed by atoms with van der Waals surface area (Å²) in [7, 11) is 4.03. The minimum Gasteiger partial charge on any atom is -0.378 e. The van der Waals surface area contributed by atoms with E-state index in [0.29, 0.717) is 14.4 Å². The number of benzene rings is 3. The zero-order chi connectivity index (χ0) is 24.1. The Balaban J connectivity index is 1.59. The molecule has 0 spiro atoms. The fourth-order valence-electron chi connectivity index (χ4n) is 5.02. The van der Waals surface area contributed by atoms with Gasteiger partial charge in [0.25, 0.3) is 5.56 Å². The molecule has 174 valence electrons. The van der Waals surface area contributed by atoms with Crippen molar-refractivity contribution in [2.75, 3.05) is 19.0 Å². The summed E-state index contributed by atoms with van der Waals surface area (Å²) in [4.78, 5) is 21.7. The molecule has 4 nitrogen and oxygen atoms in total. The van der Waals surface area contributed by atoms with Crippen molar-refractivity contribution in [3.8, 4) is 0 Å². The van der Waals surface area contributed by atoms with Crippen LogP contribution < -0.4 is 19.8 Å². The molecule has 0 radical (unpaired) electrons. The summed E-state index contributed by atoms with van der Waals surface area (Å²) in [5, 5.41) is 0.666. The van der Waals surface area contributed by atoms with E-state index in [4.69, 9.17) is 16.6 Å². The van der Waals surface area contributed by atoms with E-state index >= 15 is 0 Å². The lowest BCUT2D eigenvalue weighted by atomic mass is 9.83. The molecule has 0 bridgehead atoms. The van der Waals surface area contributed by atoms with E-state index in [-0.39, 0.29) is 11.6 Å². The molecule has 1 atom stereocenters. The molecule has 4 aromatic rings. The predicted molar refractivity (Wildman–Crippen MR) is 145 cm³/mol. The number of rotatable bonds is 3. The number of anilines is 1. The normalized spacial score (nSPS) is 16.9. The highest BCUT2D eigenvalue weighted by atomic mass is 35.5. The molecule has 1 aliphatic carbocycles. The monoisotopic (exact) mass is 497 g/mol. The van der Waals surface area contributed by atoms with Crippen LogP contribution in [0, 0.1) is 0 Å². The summed E-state index contributed by atoms with van der Waals surface area (Å²) in [6.45, 7) is 0. The highest BCUT2D eigenvalue weighted by Gasteiger charge is 2.33. The second-order valence-corrected chi connectivity index (χ2v) is 10.5. The van der Waals surface area contributed by atoms with E-state index in [1.54, 1.807) is 0 Å². The maximum atomic E-state index is 13.8. The first-order chi connectivity index (χ1) is 17.0. The van der Waals surface area contributed by atoms with Gasteiger partial charge in [-0.3, -0.25) is 9.36 Å². The average molecular weight is 498 g/mol. The van der Waals surface area contributed by atoms with Gasteiger partial charge in [0.1, 0.15) is 0 Å². The highest BCUT2D eigenvalue weighted by Crippen LogP contribution is 2.42. The molecule has 0 N–H and O–H groups in total. The van der Waals surface area contributed by atoms with Crippen LogP contribution in [-0.4, -0.2) is 18.7 Å². The number of thiazole rings is 1. The van der Waals surface area contributed by atoms with Gasteiger partial charge in [0.2, 0.25) is 0 Å². The molecule has 1 aliphatic heterocycles. The first-order valence-electron chi connectivity index (χ1n) is 11.7. The molecule has 1 aromatic heterocycles. The maximum absolute atomic E-state index is 13.8. The average Bonchev–Trinajstić information content (AvgIpc) is 3.18. The van der Waals surface area contributed by atoms with Crippen molar-refractivity contribution in [3.05, 3.63) is 125 Å². The summed E-state index contributed by atoms with van der Waals surface area (Å²) in [5.74, 6) is 0. The van der Waals surface area contributed by atoms with Crippen LogP contribution in [0.25, 0.3) is 11.8 Å².